The summed E-state index contributed by atoms with van der Waals surface area (Å²) >= 11 is 0. The van der Waals surface area contributed by atoms with Crippen molar-refractivity contribution in [1.29, 1.82) is 0 Å². The fourth-order valence-electron chi connectivity index (χ4n) is 1.32. The fraction of sp³-hybridized carbons (Fsp3) is 0.250. The molecule has 0 aromatic heterocycles. The minimum Gasteiger partial charge on any atom is -0.478 e. The van der Waals surface area contributed by atoms with Crippen molar-refractivity contribution in [2.45, 2.75) is 19.5 Å². The van der Waals surface area contributed by atoms with Crippen molar-refractivity contribution in [2.24, 2.45) is 0 Å². The summed E-state index contributed by atoms with van der Waals surface area (Å²) in [6, 6.07) is 4.57. The molecule has 0 radical (unpaired) electrons. The summed E-state index contributed by atoms with van der Waals surface area (Å²) in [6.07, 6.45) is -2.91. The molecule has 1 aromatic carbocycles. The lowest BCUT2D eigenvalue weighted by Gasteiger charge is -2.07. The van der Waals surface area contributed by atoms with Gasteiger partial charge in [0.1, 0.15) is 0 Å². The van der Waals surface area contributed by atoms with E-state index in [0.29, 0.717) is 0 Å². The van der Waals surface area contributed by atoms with Crippen molar-refractivity contribution in [2.75, 3.05) is 0 Å². The van der Waals surface area contributed by atoms with Crippen LogP contribution in [0.2, 0.25) is 0 Å². The largest absolute Gasteiger partial charge is 0.478 e. The van der Waals surface area contributed by atoms with Crippen molar-refractivity contribution >= 4 is 12.0 Å². The first kappa shape index (κ1) is 13.3. The lowest BCUT2D eigenvalue weighted by Crippen LogP contribution is -2.05. The minimum absolute atomic E-state index is 0.0734. The smallest absolute Gasteiger partial charge is 0.416 e. The van der Waals surface area contributed by atoms with E-state index in [1.54, 1.807) is 6.92 Å². The van der Waals surface area contributed by atoms with E-state index in [-0.39, 0.29) is 17.6 Å². The van der Waals surface area contributed by atoms with Crippen LogP contribution >= 0.6 is 0 Å². The maximum Gasteiger partial charge on any atom is 0.416 e. The summed E-state index contributed by atoms with van der Waals surface area (Å²) in [5.74, 6) is -1.12. The molecular weight excluding hydrogens is 233 g/mol. The topological polar surface area (TPSA) is 37.3 Å². The molecule has 1 aromatic rings. The van der Waals surface area contributed by atoms with E-state index in [2.05, 4.69) is 0 Å². The van der Waals surface area contributed by atoms with Gasteiger partial charge in [0, 0.05) is 5.57 Å². The van der Waals surface area contributed by atoms with Gasteiger partial charge in [0.25, 0.3) is 0 Å². The zero-order chi connectivity index (χ0) is 13.1. The Morgan fingerprint density at radius 1 is 1.41 bits per heavy atom. The quantitative estimate of drug-likeness (QED) is 0.825. The van der Waals surface area contributed by atoms with Gasteiger partial charge in [-0.25, -0.2) is 4.79 Å². The average Bonchev–Trinajstić information content (AvgIpc) is 2.24. The Morgan fingerprint density at radius 3 is 2.53 bits per heavy atom. The Morgan fingerprint density at radius 2 is 2.06 bits per heavy atom. The molecule has 1 N–H and O–H groups in total. The van der Waals surface area contributed by atoms with Gasteiger partial charge in [-0.15, -0.1) is 0 Å². The lowest BCUT2D eigenvalue weighted by atomic mass is 10.1. The number of hydrogen-bond donors (Lipinski definition) is 1. The van der Waals surface area contributed by atoms with Gasteiger partial charge in [-0.05, 0) is 30.2 Å². The lowest BCUT2D eigenvalue weighted by molar-refractivity contribution is -0.137. The molecule has 0 aliphatic heterocycles. The number of aliphatic carboxylic acids is 1. The van der Waals surface area contributed by atoms with E-state index in [4.69, 9.17) is 5.11 Å². The van der Waals surface area contributed by atoms with Crippen LogP contribution < -0.4 is 0 Å². The second-order valence-electron chi connectivity index (χ2n) is 3.45. The van der Waals surface area contributed by atoms with Gasteiger partial charge in [-0.1, -0.05) is 19.1 Å². The number of rotatable bonds is 3. The number of carboxylic acids is 1. The van der Waals surface area contributed by atoms with E-state index >= 15 is 0 Å². The monoisotopic (exact) mass is 244 g/mol. The van der Waals surface area contributed by atoms with Gasteiger partial charge >= 0.3 is 12.1 Å². The highest BCUT2D eigenvalue weighted by atomic mass is 19.4. The highest BCUT2D eigenvalue weighted by Crippen LogP contribution is 2.30. The summed E-state index contributed by atoms with van der Waals surface area (Å²) in [5, 5.41) is 8.77. The van der Waals surface area contributed by atoms with Crippen LogP contribution in [0.5, 0.6) is 0 Å². The van der Waals surface area contributed by atoms with E-state index in [1.165, 1.54) is 18.2 Å². The van der Waals surface area contributed by atoms with Gasteiger partial charge < -0.3 is 5.11 Å². The highest BCUT2D eigenvalue weighted by Gasteiger charge is 2.30. The molecule has 0 bridgehead atoms. The summed E-state index contributed by atoms with van der Waals surface area (Å²) in [5.41, 5.74) is -0.476. The van der Waals surface area contributed by atoms with Crippen molar-refractivity contribution in [3.05, 3.63) is 41.0 Å². The second kappa shape index (κ2) is 5.03. The van der Waals surface area contributed by atoms with Crippen molar-refractivity contribution in [1.82, 2.24) is 0 Å². The molecule has 2 nitrogen and oxygen atoms in total. The Kier molecular flexibility index (Phi) is 3.93. The Bertz CT molecular complexity index is 447. The third-order valence-electron chi connectivity index (χ3n) is 2.21. The second-order valence-corrected chi connectivity index (χ2v) is 3.45. The third kappa shape index (κ3) is 3.62. The molecule has 0 saturated carbocycles. The van der Waals surface area contributed by atoms with Crippen LogP contribution in [0.4, 0.5) is 13.2 Å². The Labute approximate surface area is 96.4 Å². The molecule has 5 heteroatoms. The fourth-order valence-corrected chi connectivity index (χ4v) is 1.32. The maximum atomic E-state index is 12.4. The molecule has 0 amide bonds. The SMILES string of the molecule is CCC(=Cc1cccc(C(F)(F)F)c1)C(=O)O. The summed E-state index contributed by atoms with van der Waals surface area (Å²) in [7, 11) is 0. The zero-order valence-electron chi connectivity index (χ0n) is 9.08. The van der Waals surface area contributed by atoms with Gasteiger partial charge in [0.2, 0.25) is 0 Å². The van der Waals surface area contributed by atoms with Crippen LogP contribution in [0.1, 0.15) is 24.5 Å². The van der Waals surface area contributed by atoms with Crippen molar-refractivity contribution in [3.63, 3.8) is 0 Å². The van der Waals surface area contributed by atoms with Crippen molar-refractivity contribution < 1.29 is 23.1 Å². The third-order valence-corrected chi connectivity index (χ3v) is 2.21. The number of hydrogen-bond acceptors (Lipinski definition) is 1. The first-order valence-corrected chi connectivity index (χ1v) is 4.95. The van der Waals surface area contributed by atoms with Crippen LogP contribution in [0.15, 0.2) is 29.8 Å². The highest BCUT2D eigenvalue weighted by molar-refractivity contribution is 5.92. The van der Waals surface area contributed by atoms with Gasteiger partial charge in [-0.3, -0.25) is 0 Å². The van der Waals surface area contributed by atoms with Gasteiger partial charge in [-0.2, -0.15) is 13.2 Å². The van der Waals surface area contributed by atoms with E-state index in [9.17, 15) is 18.0 Å². The summed E-state index contributed by atoms with van der Waals surface area (Å²) < 4.78 is 37.2. The van der Waals surface area contributed by atoms with E-state index < -0.39 is 17.7 Å². The maximum absolute atomic E-state index is 12.4. The standard InChI is InChI=1S/C12H11F3O2/c1-2-9(11(16)17)6-8-4-3-5-10(7-8)12(13,14)15/h3-7H,2H2,1H3,(H,16,17). The molecule has 0 atom stereocenters. The first-order valence-electron chi connectivity index (χ1n) is 4.95. The molecule has 0 aliphatic carbocycles. The van der Waals surface area contributed by atoms with E-state index in [0.717, 1.165) is 12.1 Å². The predicted octanol–water partition coefficient (Wildman–Crippen LogP) is 3.58. The van der Waals surface area contributed by atoms with Crippen LogP contribution in [-0.4, -0.2) is 11.1 Å². The summed E-state index contributed by atoms with van der Waals surface area (Å²) in [4.78, 5) is 10.7. The Balaban J connectivity index is 3.12. The van der Waals surface area contributed by atoms with Crippen LogP contribution in [0, 0.1) is 0 Å². The molecule has 0 aliphatic rings. The molecule has 17 heavy (non-hydrogen) atoms. The van der Waals surface area contributed by atoms with E-state index in [1.807, 2.05) is 0 Å². The van der Waals surface area contributed by atoms with Crippen LogP contribution in [-0.2, 0) is 11.0 Å². The molecule has 0 unspecified atom stereocenters. The molecular formula is C12H11F3O2. The van der Waals surface area contributed by atoms with Crippen LogP contribution in [0.3, 0.4) is 0 Å². The predicted molar refractivity (Wildman–Crippen MR) is 57.3 cm³/mol. The molecule has 0 heterocycles. The first-order chi connectivity index (χ1) is 7.84. The number of carbonyl (C=O) groups is 1. The Hall–Kier alpha value is -1.78. The number of benzene rings is 1. The number of carboxylic acid groups (broad SMARTS) is 1. The molecule has 0 fully saturated rings. The molecule has 0 saturated heterocycles. The summed E-state index contributed by atoms with van der Waals surface area (Å²) in [6.45, 7) is 1.63. The zero-order valence-corrected chi connectivity index (χ0v) is 9.08. The number of alkyl halides is 3. The normalized spacial score (nSPS) is 12.6. The molecule has 1 rings (SSSR count). The van der Waals surface area contributed by atoms with Gasteiger partial charge in [0.05, 0.1) is 5.56 Å². The average molecular weight is 244 g/mol. The molecule has 92 valence electrons. The van der Waals surface area contributed by atoms with Crippen LogP contribution in [0.25, 0.3) is 6.08 Å². The minimum atomic E-state index is -4.42. The van der Waals surface area contributed by atoms with Crippen molar-refractivity contribution in [3.8, 4) is 0 Å². The van der Waals surface area contributed by atoms with Gasteiger partial charge in [0.15, 0.2) is 0 Å². The molecule has 0 spiro atoms. The number of halogens is 3.